The summed E-state index contributed by atoms with van der Waals surface area (Å²) in [6.07, 6.45) is 15.0. The normalized spacial score (nSPS) is 12.3. The molecule has 33 heavy (non-hydrogen) atoms. The second kappa shape index (κ2) is 12.9. The van der Waals surface area contributed by atoms with Gasteiger partial charge in [-0.3, -0.25) is 0 Å². The Morgan fingerprint density at radius 3 is 2.36 bits per heavy atom. The fourth-order valence-electron chi connectivity index (χ4n) is 3.53. The number of nitrogens with zero attached hydrogens (tertiary/aromatic N) is 2. The Balaban J connectivity index is 1.47. The van der Waals surface area contributed by atoms with E-state index in [-0.39, 0.29) is 5.75 Å². The number of allylic oxidation sites excluding steroid dienone is 1. The molecule has 0 aliphatic rings. The molecule has 0 saturated carbocycles. The first-order valence-corrected chi connectivity index (χ1v) is 11.8. The first-order chi connectivity index (χ1) is 16.1. The van der Waals surface area contributed by atoms with Crippen LogP contribution in [0.3, 0.4) is 0 Å². The Kier molecular flexibility index (Phi) is 9.58. The van der Waals surface area contributed by atoms with Crippen LogP contribution in [0.2, 0.25) is 0 Å². The monoisotopic (exact) mass is 448 g/mol. The number of hydrogen-bond acceptors (Lipinski definition) is 4. The van der Waals surface area contributed by atoms with E-state index in [2.05, 4.69) is 36.0 Å². The van der Waals surface area contributed by atoms with Crippen molar-refractivity contribution in [3.8, 4) is 28.3 Å². The van der Waals surface area contributed by atoms with Crippen molar-refractivity contribution in [1.29, 1.82) is 0 Å². The molecule has 1 heterocycles. The van der Waals surface area contributed by atoms with Gasteiger partial charge in [-0.2, -0.15) is 0 Å². The lowest BCUT2D eigenvalue weighted by molar-refractivity contribution is 0.0566. The topological polar surface area (TPSA) is 55.2 Å². The van der Waals surface area contributed by atoms with E-state index in [4.69, 9.17) is 4.74 Å². The highest BCUT2D eigenvalue weighted by Crippen LogP contribution is 2.26. The molecule has 0 aliphatic carbocycles. The van der Waals surface area contributed by atoms with Crippen molar-refractivity contribution >= 4 is 6.08 Å². The summed E-state index contributed by atoms with van der Waals surface area (Å²) in [7, 11) is 0. The maximum atomic E-state index is 13.6. The second-order valence-electron chi connectivity index (χ2n) is 8.31. The minimum atomic E-state index is -0.631. The van der Waals surface area contributed by atoms with Gasteiger partial charge in [0.05, 0.1) is 6.10 Å². The van der Waals surface area contributed by atoms with E-state index in [0.717, 1.165) is 49.0 Å². The molecule has 0 bridgehead atoms. The SMILES string of the molecule is CCCCCOC(C)CCC/C=C/c1cnc(-c2ccc(-c3ccc(O)c(F)c3)cc2)nc1. The van der Waals surface area contributed by atoms with Gasteiger partial charge >= 0.3 is 0 Å². The predicted octanol–water partition coefficient (Wildman–Crippen LogP) is 7.43. The van der Waals surface area contributed by atoms with Crippen LogP contribution in [0.15, 0.2) is 60.9 Å². The summed E-state index contributed by atoms with van der Waals surface area (Å²) in [6, 6.07) is 12.0. The molecule has 3 rings (SSSR count). The molecule has 1 N–H and O–H groups in total. The standard InChI is InChI=1S/C28H33FN2O2/c1-3-4-8-17-33-21(2)9-6-5-7-10-22-19-30-28(31-20-22)24-13-11-23(12-14-24)25-15-16-27(32)26(29)18-25/h7,10-16,18-21,32H,3-6,8-9,17H2,1-2H3/b10-7+. The average Bonchev–Trinajstić information content (AvgIpc) is 2.84. The third-order valence-electron chi connectivity index (χ3n) is 5.54. The molecule has 0 aliphatic heterocycles. The average molecular weight is 449 g/mol. The van der Waals surface area contributed by atoms with Crippen LogP contribution in [0.5, 0.6) is 5.75 Å². The Hall–Kier alpha value is -3.05. The number of aromatic hydroxyl groups is 1. The minimum Gasteiger partial charge on any atom is -0.505 e. The number of unbranched alkanes of at least 4 members (excludes halogenated alkanes) is 3. The molecule has 174 valence electrons. The van der Waals surface area contributed by atoms with Gasteiger partial charge in [0.2, 0.25) is 0 Å². The summed E-state index contributed by atoms with van der Waals surface area (Å²) in [6.45, 7) is 5.22. The van der Waals surface area contributed by atoms with Crippen LogP contribution >= 0.6 is 0 Å². The highest BCUT2D eigenvalue weighted by atomic mass is 19.1. The summed E-state index contributed by atoms with van der Waals surface area (Å²) in [4.78, 5) is 8.96. The third-order valence-corrected chi connectivity index (χ3v) is 5.54. The van der Waals surface area contributed by atoms with Gasteiger partial charge in [0.15, 0.2) is 17.4 Å². The number of aromatic nitrogens is 2. The van der Waals surface area contributed by atoms with E-state index in [1.54, 1.807) is 6.07 Å². The predicted molar refractivity (Wildman–Crippen MR) is 132 cm³/mol. The highest BCUT2D eigenvalue weighted by molar-refractivity contribution is 5.68. The molecule has 4 nitrogen and oxygen atoms in total. The number of phenols is 1. The number of ether oxygens (including phenoxy) is 1. The van der Waals surface area contributed by atoms with Crippen LogP contribution in [0.4, 0.5) is 4.39 Å². The molecule has 1 aromatic heterocycles. The fraction of sp³-hybridized carbons (Fsp3) is 0.357. The van der Waals surface area contributed by atoms with E-state index in [0.29, 0.717) is 17.5 Å². The maximum Gasteiger partial charge on any atom is 0.165 e. The van der Waals surface area contributed by atoms with E-state index in [9.17, 15) is 9.50 Å². The van der Waals surface area contributed by atoms with Crippen molar-refractivity contribution in [2.45, 2.75) is 58.5 Å². The largest absolute Gasteiger partial charge is 0.505 e. The van der Waals surface area contributed by atoms with Gasteiger partial charge in [0.1, 0.15) is 0 Å². The van der Waals surface area contributed by atoms with Crippen LogP contribution in [0.25, 0.3) is 28.6 Å². The van der Waals surface area contributed by atoms with Crippen molar-refractivity contribution in [3.63, 3.8) is 0 Å². The molecule has 0 spiro atoms. The summed E-state index contributed by atoms with van der Waals surface area (Å²) in [5.74, 6) is -0.335. The summed E-state index contributed by atoms with van der Waals surface area (Å²) >= 11 is 0. The number of benzene rings is 2. The van der Waals surface area contributed by atoms with E-state index < -0.39 is 5.82 Å². The molecular formula is C28H33FN2O2. The summed E-state index contributed by atoms with van der Waals surface area (Å²) < 4.78 is 19.4. The van der Waals surface area contributed by atoms with Gasteiger partial charge in [-0.25, -0.2) is 14.4 Å². The quantitative estimate of drug-likeness (QED) is 0.293. The molecule has 0 radical (unpaired) electrons. The van der Waals surface area contributed by atoms with E-state index >= 15 is 0 Å². The van der Waals surface area contributed by atoms with Crippen LogP contribution in [0, 0.1) is 5.82 Å². The van der Waals surface area contributed by atoms with Crippen molar-refractivity contribution in [2.75, 3.05) is 6.61 Å². The second-order valence-corrected chi connectivity index (χ2v) is 8.31. The van der Waals surface area contributed by atoms with Crippen molar-refractivity contribution in [2.24, 2.45) is 0 Å². The molecule has 3 aromatic rings. The van der Waals surface area contributed by atoms with Gasteiger partial charge in [-0.05, 0) is 55.9 Å². The van der Waals surface area contributed by atoms with Crippen LogP contribution in [0.1, 0.15) is 57.9 Å². The van der Waals surface area contributed by atoms with E-state index in [1.165, 1.54) is 25.0 Å². The first kappa shape index (κ1) is 24.6. The smallest absolute Gasteiger partial charge is 0.165 e. The van der Waals surface area contributed by atoms with Crippen molar-refractivity contribution in [3.05, 3.63) is 72.3 Å². The van der Waals surface area contributed by atoms with E-state index in [1.807, 2.05) is 36.7 Å². The molecule has 0 amide bonds. The molecule has 0 fully saturated rings. The summed E-state index contributed by atoms with van der Waals surface area (Å²) in [5.41, 5.74) is 3.42. The zero-order valence-corrected chi connectivity index (χ0v) is 19.5. The maximum absolute atomic E-state index is 13.6. The lowest BCUT2D eigenvalue weighted by Gasteiger charge is -2.11. The molecule has 0 saturated heterocycles. The Labute approximate surface area is 196 Å². The molecular weight excluding hydrogens is 415 g/mol. The van der Waals surface area contributed by atoms with Gasteiger partial charge in [0, 0.05) is 30.1 Å². The lowest BCUT2D eigenvalue weighted by atomic mass is 10.0. The van der Waals surface area contributed by atoms with Crippen LogP contribution < -0.4 is 0 Å². The molecule has 1 unspecified atom stereocenters. The number of hydrogen-bond donors (Lipinski definition) is 1. The molecule has 5 heteroatoms. The highest BCUT2D eigenvalue weighted by Gasteiger charge is 2.06. The lowest BCUT2D eigenvalue weighted by Crippen LogP contribution is -2.08. The fourth-order valence-corrected chi connectivity index (χ4v) is 3.53. The number of halogens is 1. The first-order valence-electron chi connectivity index (χ1n) is 11.8. The summed E-state index contributed by atoms with van der Waals surface area (Å²) in [5, 5.41) is 9.35. The van der Waals surface area contributed by atoms with Crippen molar-refractivity contribution < 1.29 is 14.2 Å². The Morgan fingerprint density at radius 1 is 0.970 bits per heavy atom. The zero-order valence-electron chi connectivity index (χ0n) is 19.5. The van der Waals surface area contributed by atoms with Crippen LogP contribution in [-0.4, -0.2) is 27.8 Å². The molecule has 2 aromatic carbocycles. The Bertz CT molecular complexity index is 1020. The third kappa shape index (κ3) is 7.79. The number of phenolic OH excluding ortho intramolecular Hbond substituents is 1. The van der Waals surface area contributed by atoms with Crippen molar-refractivity contribution in [1.82, 2.24) is 9.97 Å². The Morgan fingerprint density at radius 2 is 1.67 bits per heavy atom. The van der Waals surface area contributed by atoms with Gasteiger partial charge in [-0.15, -0.1) is 0 Å². The zero-order chi connectivity index (χ0) is 23.5. The van der Waals surface area contributed by atoms with Gasteiger partial charge < -0.3 is 9.84 Å². The minimum absolute atomic E-state index is 0.317. The number of rotatable bonds is 12. The van der Waals surface area contributed by atoms with Gasteiger partial charge in [-0.1, -0.05) is 62.2 Å². The van der Waals surface area contributed by atoms with Crippen LogP contribution in [-0.2, 0) is 4.74 Å². The van der Waals surface area contributed by atoms with Gasteiger partial charge in [0.25, 0.3) is 0 Å². The molecule has 1 atom stereocenters.